The monoisotopic (exact) mass is 357 g/mol. The quantitative estimate of drug-likeness (QED) is 0.647. The van der Waals surface area contributed by atoms with E-state index in [0.717, 1.165) is 11.8 Å². The molecule has 24 heavy (non-hydrogen) atoms. The van der Waals surface area contributed by atoms with Gasteiger partial charge in [-0.25, -0.2) is 4.79 Å². The molecule has 2 aromatic carbocycles. The van der Waals surface area contributed by atoms with Gasteiger partial charge in [-0.1, -0.05) is 42.2 Å². The first-order valence-electron chi connectivity index (χ1n) is 6.86. The molecule has 0 aromatic heterocycles. The van der Waals surface area contributed by atoms with Gasteiger partial charge in [-0.3, -0.25) is 9.69 Å². The molecule has 0 radical (unpaired) electrons. The van der Waals surface area contributed by atoms with Crippen LogP contribution in [0.5, 0.6) is 5.75 Å². The lowest BCUT2D eigenvalue weighted by molar-refractivity contribution is -0.113. The number of carbonyl (C=O) groups is 2. The second-order valence-electron chi connectivity index (χ2n) is 4.93. The van der Waals surface area contributed by atoms with E-state index in [1.807, 2.05) is 0 Å². The van der Waals surface area contributed by atoms with Crippen LogP contribution in [0.1, 0.15) is 15.9 Å². The lowest BCUT2D eigenvalue weighted by atomic mass is 10.1. The van der Waals surface area contributed by atoms with Crippen LogP contribution in [-0.4, -0.2) is 26.4 Å². The minimum atomic E-state index is -1.06. The van der Waals surface area contributed by atoms with Crippen LogP contribution in [-0.2, 0) is 4.79 Å². The molecular weight excluding hydrogens is 346 g/mol. The maximum Gasteiger partial charge on any atom is 0.336 e. The van der Waals surface area contributed by atoms with Crippen LogP contribution in [0.2, 0.25) is 0 Å². The van der Waals surface area contributed by atoms with Crippen molar-refractivity contribution in [3.8, 4) is 5.75 Å². The molecule has 3 rings (SSSR count). The van der Waals surface area contributed by atoms with Gasteiger partial charge in [-0.15, -0.1) is 0 Å². The van der Waals surface area contributed by atoms with Gasteiger partial charge < -0.3 is 10.2 Å². The summed E-state index contributed by atoms with van der Waals surface area (Å²) in [5.41, 5.74) is 1.11. The second-order valence-corrected chi connectivity index (χ2v) is 6.60. The fraction of sp³-hybridized carbons (Fsp3) is 0. The molecule has 0 unspecified atom stereocenters. The molecule has 5 nitrogen and oxygen atoms in total. The van der Waals surface area contributed by atoms with Crippen LogP contribution < -0.4 is 4.90 Å². The number of hydrogen-bond donors (Lipinski definition) is 2. The average molecular weight is 357 g/mol. The smallest absolute Gasteiger partial charge is 0.336 e. The second kappa shape index (κ2) is 6.46. The molecule has 2 aromatic rings. The van der Waals surface area contributed by atoms with Gasteiger partial charge in [0.15, 0.2) is 4.32 Å². The van der Waals surface area contributed by atoms with Gasteiger partial charge in [0.1, 0.15) is 5.75 Å². The summed E-state index contributed by atoms with van der Waals surface area (Å²) in [5, 5.41) is 18.6. The van der Waals surface area contributed by atoms with Crippen LogP contribution in [0, 0.1) is 0 Å². The molecule has 2 N–H and O–H groups in total. The first-order valence-corrected chi connectivity index (χ1v) is 8.09. The van der Waals surface area contributed by atoms with E-state index in [1.165, 1.54) is 29.2 Å². The van der Waals surface area contributed by atoms with Crippen molar-refractivity contribution in [2.75, 3.05) is 4.90 Å². The SMILES string of the molecule is O=C(O)c1ccccc1C=C1SC(=S)N(c2ccc(O)cc2)C1=O. The molecule has 120 valence electrons. The van der Waals surface area contributed by atoms with Crippen molar-refractivity contribution in [1.29, 1.82) is 0 Å². The molecule has 0 bridgehead atoms. The Bertz CT molecular complexity index is 874. The van der Waals surface area contributed by atoms with Crippen LogP contribution in [0.4, 0.5) is 5.69 Å². The number of carbonyl (C=O) groups excluding carboxylic acids is 1. The van der Waals surface area contributed by atoms with Gasteiger partial charge in [-0.05, 0) is 42.0 Å². The number of carboxylic acids is 1. The van der Waals surface area contributed by atoms with Crippen molar-refractivity contribution < 1.29 is 19.8 Å². The number of phenolic OH excluding ortho intramolecular Hbond substituents is 1. The van der Waals surface area contributed by atoms with E-state index in [1.54, 1.807) is 30.3 Å². The fourth-order valence-electron chi connectivity index (χ4n) is 2.25. The molecule has 0 aliphatic carbocycles. The fourth-order valence-corrected chi connectivity index (χ4v) is 3.54. The number of carboxylic acid groups (broad SMARTS) is 1. The van der Waals surface area contributed by atoms with Crippen LogP contribution in [0.15, 0.2) is 53.4 Å². The number of nitrogens with zero attached hydrogens (tertiary/aromatic N) is 1. The lowest BCUT2D eigenvalue weighted by Crippen LogP contribution is -2.27. The highest BCUT2D eigenvalue weighted by atomic mass is 32.2. The Hall–Kier alpha value is -2.64. The van der Waals surface area contributed by atoms with E-state index < -0.39 is 5.97 Å². The highest BCUT2D eigenvalue weighted by Crippen LogP contribution is 2.36. The number of amides is 1. The number of thiocarbonyl (C=S) groups is 1. The zero-order valence-electron chi connectivity index (χ0n) is 12.2. The summed E-state index contributed by atoms with van der Waals surface area (Å²) in [6.07, 6.45) is 1.53. The molecule has 1 amide bonds. The maximum atomic E-state index is 12.6. The summed E-state index contributed by atoms with van der Waals surface area (Å²) in [4.78, 5) is 25.6. The first-order chi connectivity index (χ1) is 11.5. The summed E-state index contributed by atoms with van der Waals surface area (Å²) in [6, 6.07) is 12.6. The van der Waals surface area contributed by atoms with E-state index in [2.05, 4.69) is 0 Å². The Morgan fingerprint density at radius 3 is 2.46 bits per heavy atom. The normalized spacial score (nSPS) is 16.0. The van der Waals surface area contributed by atoms with E-state index >= 15 is 0 Å². The average Bonchev–Trinajstić information content (AvgIpc) is 2.83. The molecular formula is C17H11NO4S2. The van der Waals surface area contributed by atoms with Crippen molar-refractivity contribution in [2.45, 2.75) is 0 Å². The third-order valence-corrected chi connectivity index (χ3v) is 4.68. The van der Waals surface area contributed by atoms with Gasteiger partial charge in [-0.2, -0.15) is 0 Å². The standard InChI is InChI=1S/C17H11NO4S2/c19-12-7-5-11(6-8-12)18-15(20)14(24-17(18)23)9-10-3-1-2-4-13(10)16(21)22/h1-9,19H,(H,21,22). The summed E-state index contributed by atoms with van der Waals surface area (Å²) < 4.78 is 0.352. The number of thioether (sulfide) groups is 1. The highest BCUT2D eigenvalue weighted by Gasteiger charge is 2.33. The number of benzene rings is 2. The number of phenols is 1. The third-order valence-electron chi connectivity index (χ3n) is 3.38. The topological polar surface area (TPSA) is 77.8 Å². The van der Waals surface area contributed by atoms with Crippen molar-refractivity contribution in [3.63, 3.8) is 0 Å². The zero-order chi connectivity index (χ0) is 17.3. The minimum Gasteiger partial charge on any atom is -0.508 e. The Labute approximate surface area is 147 Å². The van der Waals surface area contributed by atoms with Gasteiger partial charge in [0.2, 0.25) is 0 Å². The minimum absolute atomic E-state index is 0.0927. The van der Waals surface area contributed by atoms with E-state index in [0.29, 0.717) is 20.5 Å². The van der Waals surface area contributed by atoms with E-state index in [9.17, 15) is 19.8 Å². The van der Waals surface area contributed by atoms with E-state index in [4.69, 9.17) is 12.2 Å². The Morgan fingerprint density at radius 2 is 1.79 bits per heavy atom. The number of aromatic carboxylic acids is 1. The van der Waals surface area contributed by atoms with Gasteiger partial charge >= 0.3 is 5.97 Å². The van der Waals surface area contributed by atoms with Gasteiger partial charge in [0, 0.05) is 0 Å². The number of anilines is 1. The Balaban J connectivity index is 1.97. The largest absolute Gasteiger partial charge is 0.508 e. The van der Waals surface area contributed by atoms with Crippen molar-refractivity contribution >= 4 is 51.9 Å². The molecule has 0 atom stereocenters. The Kier molecular flexibility index (Phi) is 4.37. The number of hydrogen-bond acceptors (Lipinski definition) is 5. The van der Waals surface area contributed by atoms with Crippen molar-refractivity contribution in [2.24, 2.45) is 0 Å². The highest BCUT2D eigenvalue weighted by molar-refractivity contribution is 8.27. The predicted molar refractivity (Wildman–Crippen MR) is 97.2 cm³/mol. The first kappa shape index (κ1) is 16.2. The molecule has 0 saturated carbocycles. The van der Waals surface area contributed by atoms with Crippen molar-refractivity contribution in [3.05, 3.63) is 64.6 Å². The van der Waals surface area contributed by atoms with E-state index in [-0.39, 0.29) is 17.2 Å². The summed E-state index contributed by atoms with van der Waals surface area (Å²) in [5.74, 6) is -1.29. The predicted octanol–water partition coefficient (Wildman–Crippen LogP) is 3.50. The molecule has 1 fully saturated rings. The Morgan fingerprint density at radius 1 is 1.12 bits per heavy atom. The molecule has 1 aliphatic rings. The molecule has 1 aliphatic heterocycles. The number of rotatable bonds is 3. The lowest BCUT2D eigenvalue weighted by Gasteiger charge is -2.14. The summed E-state index contributed by atoms with van der Waals surface area (Å²) >= 11 is 6.37. The zero-order valence-corrected chi connectivity index (χ0v) is 13.8. The molecule has 7 heteroatoms. The van der Waals surface area contributed by atoms with Crippen LogP contribution in [0.3, 0.4) is 0 Å². The van der Waals surface area contributed by atoms with Crippen molar-refractivity contribution in [1.82, 2.24) is 0 Å². The maximum absolute atomic E-state index is 12.6. The van der Waals surface area contributed by atoms with Gasteiger partial charge in [0.05, 0.1) is 16.2 Å². The molecule has 0 spiro atoms. The molecule has 1 heterocycles. The van der Waals surface area contributed by atoms with Crippen LogP contribution in [0.25, 0.3) is 6.08 Å². The molecule has 1 saturated heterocycles. The van der Waals surface area contributed by atoms with Crippen LogP contribution >= 0.6 is 24.0 Å². The number of aromatic hydroxyl groups is 1. The summed E-state index contributed by atoms with van der Waals surface area (Å²) in [6.45, 7) is 0. The summed E-state index contributed by atoms with van der Waals surface area (Å²) in [7, 11) is 0. The van der Waals surface area contributed by atoms with Gasteiger partial charge in [0.25, 0.3) is 5.91 Å². The third kappa shape index (κ3) is 3.04.